The molecule has 0 aliphatic rings. The largest absolute Gasteiger partial charge is 0.666 e. The van der Waals surface area contributed by atoms with Crippen molar-refractivity contribution >= 4 is 17.9 Å². The Kier molecular flexibility index (Phi) is 3.12. The first-order valence-corrected chi connectivity index (χ1v) is 6.43. The molecule has 8 heteroatoms. The van der Waals surface area contributed by atoms with Crippen LogP contribution in [0.3, 0.4) is 0 Å². The summed E-state index contributed by atoms with van der Waals surface area (Å²) in [5.41, 5.74) is 0. The van der Waals surface area contributed by atoms with Crippen molar-refractivity contribution in [1.29, 1.82) is 0 Å². The molecule has 62 valence electrons. The van der Waals surface area contributed by atoms with Gasteiger partial charge in [0.05, 0.1) is 0 Å². The minimum atomic E-state index is -4.25. The Labute approximate surface area is 60.1 Å². The molecular formula is C2H10O6Si2. The minimum Gasteiger partial charge on any atom is -0.390 e. The third-order valence-corrected chi connectivity index (χ3v) is 3.73. The summed E-state index contributed by atoms with van der Waals surface area (Å²) in [7, 11) is -7.12. The average Bonchev–Trinajstić information content (AvgIpc) is 1.60. The van der Waals surface area contributed by atoms with E-state index in [2.05, 4.69) is 8.54 Å². The summed E-state index contributed by atoms with van der Waals surface area (Å²) in [6.45, 7) is 0.972. The van der Waals surface area contributed by atoms with Crippen LogP contribution < -0.4 is 0 Å². The number of rotatable bonds is 3. The van der Waals surface area contributed by atoms with Crippen LogP contribution in [-0.4, -0.2) is 44.1 Å². The lowest BCUT2D eigenvalue weighted by atomic mass is 11.8. The van der Waals surface area contributed by atoms with Crippen molar-refractivity contribution in [3.05, 3.63) is 0 Å². The lowest BCUT2D eigenvalue weighted by Gasteiger charge is -2.19. The molecule has 0 bridgehead atoms. The zero-order valence-electron chi connectivity index (χ0n) is 5.61. The Morgan fingerprint density at radius 3 is 1.60 bits per heavy atom. The van der Waals surface area contributed by atoms with Crippen molar-refractivity contribution in [3.63, 3.8) is 0 Å². The quantitative estimate of drug-likeness (QED) is 0.367. The number of hydrogen-bond acceptors (Lipinski definition) is 6. The van der Waals surface area contributed by atoms with Crippen molar-refractivity contribution in [2.75, 3.05) is 7.11 Å². The van der Waals surface area contributed by atoms with Crippen LogP contribution in [-0.2, 0) is 8.54 Å². The van der Waals surface area contributed by atoms with Gasteiger partial charge >= 0.3 is 17.9 Å². The van der Waals surface area contributed by atoms with E-state index in [1.807, 2.05) is 0 Å². The van der Waals surface area contributed by atoms with Crippen molar-refractivity contribution in [3.8, 4) is 0 Å². The van der Waals surface area contributed by atoms with Crippen molar-refractivity contribution in [2.45, 2.75) is 6.55 Å². The molecule has 0 spiro atoms. The monoisotopic (exact) mass is 186 g/mol. The maximum atomic E-state index is 8.62. The Hall–Kier alpha value is 0.194. The summed E-state index contributed by atoms with van der Waals surface area (Å²) >= 11 is 0. The summed E-state index contributed by atoms with van der Waals surface area (Å²) in [4.78, 5) is 34.4. The highest BCUT2D eigenvalue weighted by Gasteiger charge is 2.44. The summed E-state index contributed by atoms with van der Waals surface area (Å²) < 4.78 is 8.11. The smallest absolute Gasteiger partial charge is 0.390 e. The van der Waals surface area contributed by atoms with Crippen molar-refractivity contribution in [1.82, 2.24) is 0 Å². The van der Waals surface area contributed by atoms with Gasteiger partial charge in [0.2, 0.25) is 0 Å². The van der Waals surface area contributed by atoms with Gasteiger partial charge in [0.1, 0.15) is 0 Å². The summed E-state index contributed by atoms with van der Waals surface area (Å²) in [5.74, 6) is 0. The van der Waals surface area contributed by atoms with Crippen LogP contribution in [0.1, 0.15) is 0 Å². The summed E-state index contributed by atoms with van der Waals surface area (Å²) in [5, 5.41) is 0. The average molecular weight is 186 g/mol. The van der Waals surface area contributed by atoms with E-state index in [0.29, 0.717) is 0 Å². The standard InChI is InChI=1S/C2H10O6Si2/c1-7-10(5,6)8-9(2,3)4/h3-6H,1-2H3. The molecule has 0 atom stereocenters. The maximum Gasteiger partial charge on any atom is 0.666 e. The highest BCUT2D eigenvalue weighted by molar-refractivity contribution is 6.68. The molecule has 0 aliphatic heterocycles. The third-order valence-electron chi connectivity index (χ3n) is 0.592. The molecule has 0 aromatic heterocycles. The van der Waals surface area contributed by atoms with Crippen LogP contribution in [0.5, 0.6) is 0 Å². The van der Waals surface area contributed by atoms with Crippen molar-refractivity contribution in [2.24, 2.45) is 0 Å². The van der Waals surface area contributed by atoms with Gasteiger partial charge in [0.15, 0.2) is 0 Å². The first-order valence-electron chi connectivity index (χ1n) is 2.42. The van der Waals surface area contributed by atoms with Crippen LogP contribution in [0.15, 0.2) is 0 Å². The second kappa shape index (κ2) is 3.06. The first-order chi connectivity index (χ1) is 4.27. The van der Waals surface area contributed by atoms with E-state index in [1.54, 1.807) is 0 Å². The summed E-state index contributed by atoms with van der Waals surface area (Å²) in [6.07, 6.45) is 0. The SMILES string of the molecule is CO[Si](O)(O)O[Si](C)(O)O. The molecule has 0 aliphatic carbocycles. The molecular weight excluding hydrogens is 176 g/mol. The highest BCUT2D eigenvalue weighted by Crippen LogP contribution is 2.03. The fourth-order valence-electron chi connectivity index (χ4n) is 0.294. The van der Waals surface area contributed by atoms with Gasteiger partial charge < -0.3 is 27.7 Å². The highest BCUT2D eigenvalue weighted by atomic mass is 28.5. The number of hydrogen-bond donors (Lipinski definition) is 4. The van der Waals surface area contributed by atoms with Gasteiger partial charge in [0.25, 0.3) is 0 Å². The lowest BCUT2D eigenvalue weighted by molar-refractivity contribution is 0.0646. The second-order valence-electron chi connectivity index (χ2n) is 1.79. The predicted octanol–water partition coefficient (Wildman–Crippen LogP) is -2.38. The zero-order valence-corrected chi connectivity index (χ0v) is 7.61. The van der Waals surface area contributed by atoms with Gasteiger partial charge in [-0.05, 0) is 0 Å². The van der Waals surface area contributed by atoms with Gasteiger partial charge in [-0.15, -0.1) is 0 Å². The third kappa shape index (κ3) is 5.02. The topological polar surface area (TPSA) is 99.4 Å². The molecule has 10 heavy (non-hydrogen) atoms. The Bertz CT molecular complexity index is 107. The van der Waals surface area contributed by atoms with E-state index < -0.39 is 17.9 Å². The molecule has 0 unspecified atom stereocenters. The maximum absolute atomic E-state index is 8.62. The zero-order chi connectivity index (χ0) is 8.41. The molecule has 0 radical (unpaired) electrons. The van der Waals surface area contributed by atoms with Crippen LogP contribution in [0.25, 0.3) is 0 Å². The molecule has 0 saturated heterocycles. The Balaban J connectivity index is 3.89. The van der Waals surface area contributed by atoms with Crippen LogP contribution in [0.4, 0.5) is 0 Å². The van der Waals surface area contributed by atoms with E-state index in [-0.39, 0.29) is 0 Å². The molecule has 0 amide bonds. The molecule has 0 heterocycles. The van der Waals surface area contributed by atoms with Crippen LogP contribution >= 0.6 is 0 Å². The van der Waals surface area contributed by atoms with E-state index in [0.717, 1.165) is 13.7 Å². The molecule has 6 nitrogen and oxygen atoms in total. The predicted molar refractivity (Wildman–Crippen MR) is 34.3 cm³/mol. The second-order valence-corrected chi connectivity index (χ2v) is 5.98. The van der Waals surface area contributed by atoms with E-state index in [4.69, 9.17) is 19.2 Å². The van der Waals surface area contributed by atoms with Crippen LogP contribution in [0, 0.1) is 0 Å². The van der Waals surface area contributed by atoms with Crippen molar-refractivity contribution < 1.29 is 27.7 Å². The molecule has 0 fully saturated rings. The molecule has 0 aromatic rings. The van der Waals surface area contributed by atoms with E-state index in [9.17, 15) is 0 Å². The lowest BCUT2D eigenvalue weighted by Crippen LogP contribution is -2.52. The van der Waals surface area contributed by atoms with Crippen LogP contribution in [0.2, 0.25) is 6.55 Å². The molecule has 0 saturated carbocycles. The van der Waals surface area contributed by atoms with Gasteiger partial charge in [-0.1, -0.05) is 0 Å². The normalized spacial score (nSPS) is 13.8. The fraction of sp³-hybridized carbons (Fsp3) is 1.00. The van der Waals surface area contributed by atoms with E-state index in [1.165, 1.54) is 0 Å². The molecule has 0 aromatic carbocycles. The first kappa shape index (κ1) is 10.2. The minimum absolute atomic E-state index is 0.972. The Morgan fingerprint density at radius 1 is 1.10 bits per heavy atom. The Morgan fingerprint density at radius 2 is 1.50 bits per heavy atom. The van der Waals surface area contributed by atoms with E-state index >= 15 is 0 Å². The van der Waals surface area contributed by atoms with Gasteiger partial charge in [-0.25, -0.2) is 0 Å². The summed E-state index contributed by atoms with van der Waals surface area (Å²) in [6, 6.07) is 0. The molecule has 0 rings (SSSR count). The fourth-order valence-corrected chi connectivity index (χ4v) is 2.64. The van der Waals surface area contributed by atoms with Gasteiger partial charge in [-0.2, -0.15) is 0 Å². The van der Waals surface area contributed by atoms with Gasteiger partial charge in [0, 0.05) is 13.7 Å². The molecule has 4 N–H and O–H groups in total. The van der Waals surface area contributed by atoms with Gasteiger partial charge in [-0.3, -0.25) is 0 Å².